The summed E-state index contributed by atoms with van der Waals surface area (Å²) in [4.78, 5) is 24.9. The number of methoxy groups -OCH3 is 2. The van der Waals surface area contributed by atoms with E-state index in [9.17, 15) is 26.9 Å². The SMILES string of the molecule is COC(=O)c1c(-c2c(F)cccc2[B-](F)(F)F)nn(-c2ccccc2)c1C(=O)OC. The number of para-hydroxylation sites is 1. The lowest BCUT2D eigenvalue weighted by atomic mass is 9.75. The van der Waals surface area contributed by atoms with E-state index in [1.165, 1.54) is 12.1 Å². The van der Waals surface area contributed by atoms with E-state index in [-0.39, 0.29) is 5.69 Å². The zero-order valence-corrected chi connectivity index (χ0v) is 15.7. The van der Waals surface area contributed by atoms with Gasteiger partial charge in [0.25, 0.3) is 0 Å². The number of benzene rings is 2. The maximum atomic E-state index is 14.6. The van der Waals surface area contributed by atoms with Crippen molar-refractivity contribution in [3.8, 4) is 16.9 Å². The van der Waals surface area contributed by atoms with Gasteiger partial charge in [0.2, 0.25) is 0 Å². The van der Waals surface area contributed by atoms with Gasteiger partial charge in [0.05, 0.1) is 19.9 Å². The predicted molar refractivity (Wildman–Crippen MR) is 100 cm³/mol. The predicted octanol–water partition coefficient (Wildman–Crippen LogP) is 3.31. The van der Waals surface area contributed by atoms with Crippen molar-refractivity contribution in [2.75, 3.05) is 14.2 Å². The molecule has 2 aromatic carbocycles. The summed E-state index contributed by atoms with van der Waals surface area (Å²) in [5, 5.41) is 4.01. The van der Waals surface area contributed by atoms with E-state index in [1.807, 2.05) is 0 Å². The molecular formula is C19H14BF4N2O4-. The van der Waals surface area contributed by atoms with Crippen LogP contribution in [0, 0.1) is 5.82 Å². The molecule has 11 heteroatoms. The van der Waals surface area contributed by atoms with Gasteiger partial charge in [0, 0.05) is 5.56 Å². The molecule has 0 bridgehead atoms. The lowest BCUT2D eigenvalue weighted by Crippen LogP contribution is -2.36. The van der Waals surface area contributed by atoms with E-state index in [2.05, 4.69) is 9.84 Å². The lowest BCUT2D eigenvalue weighted by Gasteiger charge is -2.19. The minimum atomic E-state index is -5.67. The molecule has 1 aromatic heterocycles. The molecule has 3 aromatic rings. The van der Waals surface area contributed by atoms with Crippen LogP contribution in [0.1, 0.15) is 20.8 Å². The number of hydrogen-bond acceptors (Lipinski definition) is 5. The van der Waals surface area contributed by atoms with Gasteiger partial charge in [-0.05, 0) is 18.2 Å². The van der Waals surface area contributed by atoms with Crippen LogP contribution in [0.4, 0.5) is 17.3 Å². The van der Waals surface area contributed by atoms with Crippen LogP contribution in [-0.2, 0) is 9.47 Å². The first-order chi connectivity index (χ1) is 14.2. The van der Waals surface area contributed by atoms with Crippen LogP contribution in [0.3, 0.4) is 0 Å². The Balaban J connectivity index is 2.47. The molecule has 0 saturated heterocycles. The zero-order valence-electron chi connectivity index (χ0n) is 15.7. The molecule has 0 N–H and O–H groups in total. The Labute approximate surface area is 168 Å². The molecule has 6 nitrogen and oxygen atoms in total. The smallest absolute Gasteiger partial charge is 0.465 e. The van der Waals surface area contributed by atoms with E-state index in [0.717, 1.165) is 31.0 Å². The van der Waals surface area contributed by atoms with Crippen molar-refractivity contribution < 1.29 is 36.4 Å². The van der Waals surface area contributed by atoms with Gasteiger partial charge >= 0.3 is 18.9 Å². The fourth-order valence-electron chi connectivity index (χ4n) is 2.99. The van der Waals surface area contributed by atoms with E-state index < -0.39 is 52.7 Å². The standard InChI is InChI=1S/C19H14BF4N2O4/c1-29-18(27)15-16(14-12(20(22,23)24)9-6-10-13(14)21)25-26(17(15)19(28)30-2)11-7-4-3-5-8-11/h3-10H,1-2H3/q-1. The maximum Gasteiger partial charge on any atom is 0.510 e. The Hall–Kier alpha value is -3.63. The summed E-state index contributed by atoms with van der Waals surface area (Å²) in [7, 11) is 2.00. The molecule has 156 valence electrons. The van der Waals surface area contributed by atoms with E-state index in [4.69, 9.17) is 4.74 Å². The minimum Gasteiger partial charge on any atom is -0.465 e. The van der Waals surface area contributed by atoms with Crippen molar-refractivity contribution in [1.82, 2.24) is 9.78 Å². The van der Waals surface area contributed by atoms with Crippen LogP contribution in [0.25, 0.3) is 16.9 Å². The average molecular weight is 421 g/mol. The highest BCUT2D eigenvalue weighted by Crippen LogP contribution is 2.31. The molecule has 3 rings (SSSR count). The van der Waals surface area contributed by atoms with Gasteiger partial charge in [-0.25, -0.2) is 18.7 Å². The number of rotatable bonds is 5. The molecule has 0 aliphatic carbocycles. The van der Waals surface area contributed by atoms with Crippen molar-refractivity contribution in [1.29, 1.82) is 0 Å². The van der Waals surface area contributed by atoms with Crippen LogP contribution in [-0.4, -0.2) is 42.9 Å². The van der Waals surface area contributed by atoms with Gasteiger partial charge < -0.3 is 22.4 Å². The maximum absolute atomic E-state index is 14.6. The number of halogens is 4. The molecule has 0 amide bonds. The fraction of sp³-hybridized carbons (Fsp3) is 0.105. The summed E-state index contributed by atoms with van der Waals surface area (Å²) in [5.74, 6) is -3.49. The summed E-state index contributed by atoms with van der Waals surface area (Å²) in [5.41, 5.74) is -3.82. The third-order valence-electron chi connectivity index (χ3n) is 4.29. The molecule has 0 unspecified atom stereocenters. The fourth-order valence-corrected chi connectivity index (χ4v) is 2.99. The second-order valence-electron chi connectivity index (χ2n) is 6.08. The van der Waals surface area contributed by atoms with Crippen LogP contribution in [0.2, 0.25) is 0 Å². The molecule has 1 heterocycles. The monoisotopic (exact) mass is 421 g/mol. The van der Waals surface area contributed by atoms with Crippen LogP contribution in [0.5, 0.6) is 0 Å². The number of hydrogen-bond donors (Lipinski definition) is 0. The molecule has 0 saturated carbocycles. The summed E-state index contributed by atoms with van der Waals surface area (Å²) in [6.07, 6.45) is 0. The highest BCUT2D eigenvalue weighted by Gasteiger charge is 2.36. The second-order valence-corrected chi connectivity index (χ2v) is 6.08. The van der Waals surface area contributed by atoms with Crippen LogP contribution >= 0.6 is 0 Å². The minimum absolute atomic E-state index is 0.240. The van der Waals surface area contributed by atoms with Crippen molar-refractivity contribution in [2.24, 2.45) is 0 Å². The summed E-state index contributed by atoms with van der Waals surface area (Å²) in [6.45, 7) is -5.67. The lowest BCUT2D eigenvalue weighted by molar-refractivity contribution is 0.0549. The summed E-state index contributed by atoms with van der Waals surface area (Å²) >= 11 is 0. The topological polar surface area (TPSA) is 70.4 Å². The number of nitrogens with zero attached hydrogens (tertiary/aromatic N) is 2. The van der Waals surface area contributed by atoms with Gasteiger partial charge in [-0.15, -0.1) is 0 Å². The Morgan fingerprint density at radius 1 is 0.933 bits per heavy atom. The number of carbonyl (C=O) groups excluding carboxylic acids is 2. The summed E-state index contributed by atoms with van der Waals surface area (Å²) < 4.78 is 65.8. The first kappa shape index (κ1) is 21.1. The third-order valence-corrected chi connectivity index (χ3v) is 4.29. The number of carbonyl (C=O) groups is 2. The van der Waals surface area contributed by atoms with Gasteiger partial charge in [-0.1, -0.05) is 35.8 Å². The Morgan fingerprint density at radius 3 is 2.13 bits per heavy atom. The first-order valence-corrected chi connectivity index (χ1v) is 8.54. The van der Waals surface area contributed by atoms with Gasteiger partial charge in [-0.2, -0.15) is 5.10 Å². The highest BCUT2D eigenvalue weighted by molar-refractivity contribution is 6.75. The first-order valence-electron chi connectivity index (χ1n) is 8.54. The van der Waals surface area contributed by atoms with Crippen molar-refractivity contribution in [3.63, 3.8) is 0 Å². The Morgan fingerprint density at radius 2 is 1.57 bits per heavy atom. The molecule has 0 aliphatic rings. The molecule has 0 spiro atoms. The number of aromatic nitrogens is 2. The average Bonchev–Trinajstić information content (AvgIpc) is 3.12. The Kier molecular flexibility index (Phi) is 5.63. The van der Waals surface area contributed by atoms with Crippen LogP contribution < -0.4 is 5.46 Å². The van der Waals surface area contributed by atoms with E-state index >= 15 is 0 Å². The van der Waals surface area contributed by atoms with E-state index in [0.29, 0.717) is 6.07 Å². The normalized spacial score (nSPS) is 11.3. The van der Waals surface area contributed by atoms with E-state index in [1.54, 1.807) is 18.2 Å². The van der Waals surface area contributed by atoms with Crippen molar-refractivity contribution in [3.05, 3.63) is 65.6 Å². The van der Waals surface area contributed by atoms with Gasteiger partial charge in [-0.3, -0.25) is 0 Å². The molecule has 0 aliphatic heterocycles. The third kappa shape index (κ3) is 3.65. The van der Waals surface area contributed by atoms with Crippen LogP contribution in [0.15, 0.2) is 48.5 Å². The van der Waals surface area contributed by atoms with Gasteiger partial charge in [0.15, 0.2) is 5.69 Å². The van der Waals surface area contributed by atoms with Gasteiger partial charge in [0.1, 0.15) is 17.1 Å². The quantitative estimate of drug-likeness (QED) is 0.359. The Bertz CT molecular complexity index is 1110. The largest absolute Gasteiger partial charge is 0.510 e. The zero-order chi connectivity index (χ0) is 22.1. The summed E-state index contributed by atoms with van der Waals surface area (Å²) in [6, 6.07) is 10.2. The second kappa shape index (κ2) is 8.01. The molecule has 30 heavy (non-hydrogen) atoms. The molecule has 0 radical (unpaired) electrons. The van der Waals surface area contributed by atoms with Crippen molar-refractivity contribution in [2.45, 2.75) is 0 Å². The number of ether oxygens (including phenoxy) is 2. The molecular weight excluding hydrogens is 407 g/mol. The number of esters is 2. The molecule has 0 fully saturated rings. The van der Waals surface area contributed by atoms with Crippen molar-refractivity contribution >= 4 is 24.4 Å². The molecule has 0 atom stereocenters. The highest BCUT2D eigenvalue weighted by atomic mass is 19.4.